The highest BCUT2D eigenvalue weighted by atomic mass is 79.9. The highest BCUT2D eigenvalue weighted by Crippen LogP contribution is 2.35. The van der Waals surface area contributed by atoms with Gasteiger partial charge in [-0.2, -0.15) is 16.6 Å². The van der Waals surface area contributed by atoms with Crippen LogP contribution in [0.15, 0.2) is 39.5 Å². The van der Waals surface area contributed by atoms with Crippen LogP contribution in [0.3, 0.4) is 0 Å². The molecule has 1 saturated carbocycles. The summed E-state index contributed by atoms with van der Waals surface area (Å²) in [6.45, 7) is 0.893. The molecule has 1 aromatic heterocycles. The molecule has 1 aliphatic rings. The molecule has 1 fully saturated rings. The summed E-state index contributed by atoms with van der Waals surface area (Å²) in [6.07, 6.45) is 2.45. The fourth-order valence-electron chi connectivity index (χ4n) is 2.22. The van der Waals surface area contributed by atoms with E-state index in [9.17, 15) is 5.26 Å². The third-order valence-corrected chi connectivity index (χ3v) is 4.53. The maximum atomic E-state index is 9.32. The summed E-state index contributed by atoms with van der Waals surface area (Å²) in [7, 11) is 0. The summed E-state index contributed by atoms with van der Waals surface area (Å²) in [4.78, 5) is 2.37. The zero-order valence-corrected chi connectivity index (χ0v) is 12.7. The lowest BCUT2D eigenvalue weighted by Gasteiger charge is -2.25. The van der Waals surface area contributed by atoms with Gasteiger partial charge >= 0.3 is 0 Å². The molecule has 1 aromatic carbocycles. The van der Waals surface area contributed by atoms with Crippen molar-refractivity contribution in [3.63, 3.8) is 0 Å². The van der Waals surface area contributed by atoms with Crippen LogP contribution in [0.5, 0.6) is 0 Å². The fraction of sp³-hybridized carbons (Fsp3) is 0.267. The van der Waals surface area contributed by atoms with Gasteiger partial charge in [-0.15, -0.1) is 0 Å². The molecule has 0 bridgehead atoms. The maximum absolute atomic E-state index is 9.32. The smallest absolute Gasteiger partial charge is 0.101 e. The number of rotatable bonds is 4. The topological polar surface area (TPSA) is 27.0 Å². The van der Waals surface area contributed by atoms with Crippen LogP contribution in [0, 0.1) is 11.3 Å². The van der Waals surface area contributed by atoms with E-state index in [1.54, 1.807) is 11.3 Å². The van der Waals surface area contributed by atoms with Crippen LogP contribution in [-0.2, 0) is 6.54 Å². The summed E-state index contributed by atoms with van der Waals surface area (Å²) >= 11 is 5.15. The van der Waals surface area contributed by atoms with E-state index in [1.807, 2.05) is 18.2 Å². The van der Waals surface area contributed by atoms with Crippen molar-refractivity contribution in [3.05, 3.63) is 50.6 Å². The van der Waals surface area contributed by atoms with E-state index < -0.39 is 0 Å². The van der Waals surface area contributed by atoms with Gasteiger partial charge in [0.15, 0.2) is 0 Å². The Bertz CT molecular complexity index is 612. The normalized spacial score (nSPS) is 14.1. The SMILES string of the molecule is N#Cc1cc(Br)ccc1N(Cc1ccsc1)C1CC1. The molecule has 0 radical (unpaired) electrons. The lowest BCUT2D eigenvalue weighted by molar-refractivity contribution is 0.795. The third-order valence-electron chi connectivity index (χ3n) is 3.31. The molecule has 1 aliphatic carbocycles. The highest BCUT2D eigenvalue weighted by molar-refractivity contribution is 9.10. The van der Waals surface area contributed by atoms with Crippen molar-refractivity contribution < 1.29 is 0 Å². The van der Waals surface area contributed by atoms with Crippen LogP contribution in [0.1, 0.15) is 24.0 Å². The first-order chi connectivity index (χ1) is 9.28. The van der Waals surface area contributed by atoms with Gasteiger partial charge in [0.2, 0.25) is 0 Å². The second-order valence-corrected chi connectivity index (χ2v) is 6.46. The summed E-state index contributed by atoms with van der Waals surface area (Å²) < 4.78 is 0.957. The molecule has 3 rings (SSSR count). The van der Waals surface area contributed by atoms with E-state index in [0.29, 0.717) is 6.04 Å². The molecule has 2 nitrogen and oxygen atoms in total. The first-order valence-electron chi connectivity index (χ1n) is 6.25. The minimum atomic E-state index is 0.591. The molecule has 19 heavy (non-hydrogen) atoms. The molecular formula is C15H13BrN2S. The molecule has 0 aliphatic heterocycles. The van der Waals surface area contributed by atoms with Gasteiger partial charge in [-0.1, -0.05) is 15.9 Å². The minimum absolute atomic E-state index is 0.591. The maximum Gasteiger partial charge on any atom is 0.101 e. The summed E-state index contributed by atoms with van der Waals surface area (Å²) in [6, 6.07) is 11.0. The zero-order valence-electron chi connectivity index (χ0n) is 10.3. The first-order valence-corrected chi connectivity index (χ1v) is 7.99. The van der Waals surface area contributed by atoms with Crippen molar-refractivity contribution in [1.29, 1.82) is 5.26 Å². The van der Waals surface area contributed by atoms with E-state index in [4.69, 9.17) is 0 Å². The average Bonchev–Trinajstić information content (AvgIpc) is 3.13. The molecule has 2 aromatic rings. The van der Waals surface area contributed by atoms with Crippen molar-refractivity contribution in [2.45, 2.75) is 25.4 Å². The molecule has 1 heterocycles. The minimum Gasteiger partial charge on any atom is -0.363 e. The molecule has 0 N–H and O–H groups in total. The van der Waals surface area contributed by atoms with Gasteiger partial charge in [-0.05, 0) is 53.4 Å². The molecule has 0 saturated heterocycles. The van der Waals surface area contributed by atoms with Gasteiger partial charge in [-0.3, -0.25) is 0 Å². The predicted octanol–water partition coefficient (Wildman–Crippen LogP) is 4.55. The molecule has 0 amide bonds. The molecule has 96 valence electrons. The number of hydrogen-bond donors (Lipinski definition) is 0. The van der Waals surface area contributed by atoms with E-state index in [1.165, 1.54) is 18.4 Å². The van der Waals surface area contributed by atoms with Crippen molar-refractivity contribution in [2.75, 3.05) is 4.90 Å². The van der Waals surface area contributed by atoms with Crippen molar-refractivity contribution in [3.8, 4) is 6.07 Å². The number of nitriles is 1. The Labute approximate surface area is 125 Å². The predicted molar refractivity (Wildman–Crippen MR) is 82.4 cm³/mol. The highest BCUT2D eigenvalue weighted by Gasteiger charge is 2.30. The van der Waals surface area contributed by atoms with E-state index in [-0.39, 0.29) is 0 Å². The Morgan fingerprint density at radius 1 is 1.37 bits per heavy atom. The van der Waals surface area contributed by atoms with Crippen LogP contribution in [-0.4, -0.2) is 6.04 Å². The summed E-state index contributed by atoms with van der Waals surface area (Å²) in [5.41, 5.74) is 3.12. The van der Waals surface area contributed by atoms with E-state index in [0.717, 1.165) is 22.3 Å². The fourth-order valence-corrected chi connectivity index (χ4v) is 3.25. The van der Waals surface area contributed by atoms with Crippen LogP contribution < -0.4 is 4.90 Å². The third kappa shape index (κ3) is 2.83. The Morgan fingerprint density at radius 2 is 2.21 bits per heavy atom. The van der Waals surface area contributed by atoms with Crippen LogP contribution in [0.25, 0.3) is 0 Å². The van der Waals surface area contributed by atoms with E-state index in [2.05, 4.69) is 43.7 Å². The van der Waals surface area contributed by atoms with Crippen LogP contribution >= 0.6 is 27.3 Å². The lowest BCUT2D eigenvalue weighted by atomic mass is 10.1. The van der Waals surface area contributed by atoms with E-state index >= 15 is 0 Å². The summed E-state index contributed by atoms with van der Waals surface area (Å²) in [5, 5.41) is 13.6. The summed E-state index contributed by atoms with van der Waals surface area (Å²) in [5.74, 6) is 0. The Kier molecular flexibility index (Phi) is 3.58. The van der Waals surface area contributed by atoms with Crippen molar-refractivity contribution in [1.82, 2.24) is 0 Å². The van der Waals surface area contributed by atoms with Gasteiger partial charge in [-0.25, -0.2) is 0 Å². The quantitative estimate of drug-likeness (QED) is 0.821. The first kappa shape index (κ1) is 12.7. The number of thiophene rings is 1. The van der Waals surface area contributed by atoms with Crippen LogP contribution in [0.4, 0.5) is 5.69 Å². The number of anilines is 1. The van der Waals surface area contributed by atoms with Gasteiger partial charge in [0.05, 0.1) is 11.3 Å². The second-order valence-electron chi connectivity index (χ2n) is 4.76. The van der Waals surface area contributed by atoms with Crippen LogP contribution in [0.2, 0.25) is 0 Å². The van der Waals surface area contributed by atoms with Gasteiger partial charge in [0.25, 0.3) is 0 Å². The van der Waals surface area contributed by atoms with Gasteiger partial charge in [0, 0.05) is 17.1 Å². The monoisotopic (exact) mass is 332 g/mol. The molecule has 0 atom stereocenters. The molecular weight excluding hydrogens is 320 g/mol. The molecule has 0 spiro atoms. The van der Waals surface area contributed by atoms with Crippen molar-refractivity contribution in [2.24, 2.45) is 0 Å². The number of nitrogens with zero attached hydrogens (tertiary/aromatic N) is 2. The van der Waals surface area contributed by atoms with Gasteiger partial charge < -0.3 is 4.90 Å². The number of halogens is 1. The average molecular weight is 333 g/mol. The number of hydrogen-bond acceptors (Lipinski definition) is 3. The second kappa shape index (κ2) is 5.36. The van der Waals surface area contributed by atoms with Gasteiger partial charge in [0.1, 0.15) is 6.07 Å². The Hall–Kier alpha value is -1.31. The molecule has 0 unspecified atom stereocenters. The zero-order chi connectivity index (χ0) is 13.2. The largest absolute Gasteiger partial charge is 0.363 e. The lowest BCUT2D eigenvalue weighted by Crippen LogP contribution is -2.25. The van der Waals surface area contributed by atoms with Crippen molar-refractivity contribution >= 4 is 33.0 Å². The number of benzene rings is 1. The standard InChI is InChI=1S/C15H13BrN2S/c16-13-1-4-15(12(7-13)8-17)18(14-2-3-14)9-11-5-6-19-10-11/h1,4-7,10,14H,2-3,9H2. The molecule has 4 heteroatoms. The Morgan fingerprint density at radius 3 is 2.84 bits per heavy atom. The Balaban J connectivity index is 1.94.